The third kappa shape index (κ3) is 3.13. The predicted molar refractivity (Wildman–Crippen MR) is 85.0 cm³/mol. The van der Waals surface area contributed by atoms with Crippen LogP contribution in [0.1, 0.15) is 35.8 Å². The summed E-state index contributed by atoms with van der Waals surface area (Å²) < 4.78 is 7.30. The van der Waals surface area contributed by atoms with E-state index in [0.717, 1.165) is 5.56 Å². The Kier molecular flexibility index (Phi) is 3.92. The van der Waals surface area contributed by atoms with Gasteiger partial charge in [0.1, 0.15) is 5.69 Å². The second-order valence-corrected chi connectivity index (χ2v) is 5.49. The molecule has 3 aromatic rings. The van der Waals surface area contributed by atoms with Gasteiger partial charge >= 0.3 is 6.01 Å². The van der Waals surface area contributed by atoms with Gasteiger partial charge in [0.05, 0.1) is 0 Å². The number of aryl methyl sites for hydroxylation is 1. The van der Waals surface area contributed by atoms with E-state index in [2.05, 4.69) is 20.6 Å². The molecule has 0 saturated heterocycles. The van der Waals surface area contributed by atoms with Crippen molar-refractivity contribution in [3.8, 4) is 11.6 Å². The molecule has 7 heteroatoms. The number of hydrogen-bond acceptors (Lipinski definition) is 5. The zero-order valence-electron chi connectivity index (χ0n) is 13.1. The molecule has 0 spiro atoms. The molecule has 7 nitrogen and oxygen atoms in total. The molecule has 118 valence electrons. The smallest absolute Gasteiger partial charge is 0.322 e. The van der Waals surface area contributed by atoms with E-state index in [1.165, 1.54) is 0 Å². The fourth-order valence-electron chi connectivity index (χ4n) is 2.15. The van der Waals surface area contributed by atoms with Crippen molar-refractivity contribution in [1.29, 1.82) is 0 Å². The Bertz CT molecular complexity index is 817. The summed E-state index contributed by atoms with van der Waals surface area (Å²) in [5, 5.41) is 14.7. The quantitative estimate of drug-likeness (QED) is 0.800. The zero-order chi connectivity index (χ0) is 16.4. The highest BCUT2D eigenvalue weighted by Crippen LogP contribution is 2.22. The minimum Gasteiger partial charge on any atom is -0.401 e. The topological polar surface area (TPSA) is 85.8 Å². The van der Waals surface area contributed by atoms with Gasteiger partial charge in [0.2, 0.25) is 0 Å². The fraction of sp³-hybridized carbons (Fsp3) is 0.250. The van der Waals surface area contributed by atoms with Crippen molar-refractivity contribution in [2.45, 2.75) is 26.8 Å². The minimum atomic E-state index is -0.294. The lowest BCUT2D eigenvalue weighted by Gasteiger charge is -2.07. The Morgan fingerprint density at radius 3 is 2.61 bits per heavy atom. The van der Waals surface area contributed by atoms with Gasteiger partial charge < -0.3 is 4.42 Å². The molecular weight excluding hydrogens is 294 g/mol. The van der Waals surface area contributed by atoms with Crippen LogP contribution >= 0.6 is 0 Å². The Morgan fingerprint density at radius 2 is 1.91 bits per heavy atom. The van der Waals surface area contributed by atoms with Gasteiger partial charge in [0, 0.05) is 17.8 Å². The van der Waals surface area contributed by atoms with Crippen LogP contribution in [0, 0.1) is 6.92 Å². The molecule has 0 aliphatic carbocycles. The zero-order valence-corrected chi connectivity index (χ0v) is 13.1. The van der Waals surface area contributed by atoms with Crippen LogP contribution in [-0.2, 0) is 0 Å². The van der Waals surface area contributed by atoms with E-state index < -0.39 is 0 Å². The largest absolute Gasteiger partial charge is 0.401 e. The Labute approximate surface area is 133 Å². The van der Waals surface area contributed by atoms with Crippen molar-refractivity contribution < 1.29 is 9.21 Å². The summed E-state index contributed by atoms with van der Waals surface area (Å²) >= 11 is 0. The van der Waals surface area contributed by atoms with Crippen LogP contribution in [-0.4, -0.2) is 25.9 Å². The molecule has 1 aromatic carbocycles. The van der Waals surface area contributed by atoms with Gasteiger partial charge in [-0.2, -0.15) is 5.10 Å². The maximum Gasteiger partial charge on any atom is 0.322 e. The summed E-state index contributed by atoms with van der Waals surface area (Å²) in [6.07, 6.45) is 1.67. The Morgan fingerprint density at radius 1 is 1.17 bits per heavy atom. The van der Waals surface area contributed by atoms with Crippen molar-refractivity contribution >= 4 is 11.9 Å². The molecular formula is C16H17N5O2. The second kappa shape index (κ2) is 6.04. The van der Waals surface area contributed by atoms with E-state index in [1.807, 2.05) is 32.9 Å². The van der Waals surface area contributed by atoms with E-state index in [4.69, 9.17) is 4.42 Å². The van der Waals surface area contributed by atoms with E-state index in [1.54, 1.807) is 29.1 Å². The summed E-state index contributed by atoms with van der Waals surface area (Å²) in [6, 6.07) is 9.24. The molecule has 0 bridgehead atoms. The lowest BCUT2D eigenvalue weighted by Crippen LogP contribution is -2.11. The first-order chi connectivity index (χ1) is 11.0. The lowest BCUT2D eigenvalue weighted by atomic mass is 10.1. The van der Waals surface area contributed by atoms with Crippen LogP contribution in [0.5, 0.6) is 0 Å². The highest BCUT2D eigenvalue weighted by atomic mass is 16.4. The normalized spacial score (nSPS) is 11.0. The monoisotopic (exact) mass is 311 g/mol. The van der Waals surface area contributed by atoms with Crippen LogP contribution in [0.2, 0.25) is 0 Å². The van der Waals surface area contributed by atoms with Crippen molar-refractivity contribution in [3.63, 3.8) is 0 Å². The van der Waals surface area contributed by atoms with Crippen molar-refractivity contribution in [1.82, 2.24) is 20.0 Å². The van der Waals surface area contributed by atoms with E-state index in [9.17, 15) is 4.79 Å². The van der Waals surface area contributed by atoms with Crippen LogP contribution in [0.3, 0.4) is 0 Å². The maximum absolute atomic E-state index is 12.1. The molecule has 0 unspecified atom stereocenters. The number of amides is 1. The van der Waals surface area contributed by atoms with E-state index in [-0.39, 0.29) is 18.0 Å². The van der Waals surface area contributed by atoms with E-state index in [0.29, 0.717) is 17.1 Å². The number of nitrogens with zero attached hydrogens (tertiary/aromatic N) is 4. The number of anilines is 1. The second-order valence-electron chi connectivity index (χ2n) is 5.49. The number of carbonyl (C=O) groups is 1. The van der Waals surface area contributed by atoms with Gasteiger partial charge in [-0.1, -0.05) is 22.8 Å². The molecule has 0 aliphatic rings. The number of carbonyl (C=O) groups excluding carboxylic acids is 1. The molecule has 2 aromatic heterocycles. The maximum atomic E-state index is 12.1. The lowest BCUT2D eigenvalue weighted by molar-refractivity contribution is 0.102. The molecule has 0 atom stereocenters. The van der Waals surface area contributed by atoms with Crippen LogP contribution in [0.4, 0.5) is 6.01 Å². The van der Waals surface area contributed by atoms with Gasteiger partial charge in [-0.05, 0) is 39.0 Å². The number of rotatable bonds is 4. The highest BCUT2D eigenvalue weighted by molar-refractivity contribution is 6.03. The summed E-state index contributed by atoms with van der Waals surface area (Å²) in [7, 11) is 0. The third-order valence-corrected chi connectivity index (χ3v) is 3.34. The van der Waals surface area contributed by atoms with Gasteiger partial charge in [0.15, 0.2) is 0 Å². The van der Waals surface area contributed by atoms with Gasteiger partial charge in [0.25, 0.3) is 11.8 Å². The number of aromatic nitrogens is 4. The van der Waals surface area contributed by atoms with Crippen molar-refractivity contribution in [3.05, 3.63) is 47.7 Å². The third-order valence-electron chi connectivity index (χ3n) is 3.34. The Balaban J connectivity index is 1.78. The molecule has 1 amide bonds. The standard InChI is InChI=1S/C16H17N5O2/c1-10(2)21-13(8-9-17-21)15-19-20-16(23-15)18-14(22)12-6-4-11(3)5-7-12/h4-10H,1-3H3,(H,18,20,22). The molecule has 1 N–H and O–H groups in total. The predicted octanol–water partition coefficient (Wildman–Crippen LogP) is 3.07. The first-order valence-electron chi connectivity index (χ1n) is 7.30. The summed E-state index contributed by atoms with van der Waals surface area (Å²) in [4.78, 5) is 12.1. The summed E-state index contributed by atoms with van der Waals surface area (Å²) in [5.74, 6) is 0.0213. The fourth-order valence-corrected chi connectivity index (χ4v) is 2.15. The minimum absolute atomic E-state index is 0.0575. The molecule has 0 aliphatic heterocycles. The number of benzene rings is 1. The highest BCUT2D eigenvalue weighted by Gasteiger charge is 2.16. The SMILES string of the molecule is Cc1ccc(C(=O)Nc2nnc(-c3ccnn3C(C)C)o2)cc1. The first-order valence-corrected chi connectivity index (χ1v) is 7.30. The average Bonchev–Trinajstić information content (AvgIpc) is 3.16. The van der Waals surface area contributed by atoms with Gasteiger partial charge in [-0.3, -0.25) is 14.8 Å². The molecule has 0 radical (unpaired) electrons. The molecule has 3 rings (SSSR count). The summed E-state index contributed by atoms with van der Waals surface area (Å²) in [5.41, 5.74) is 2.33. The molecule has 0 saturated carbocycles. The molecule has 23 heavy (non-hydrogen) atoms. The van der Waals surface area contributed by atoms with E-state index >= 15 is 0 Å². The average molecular weight is 311 g/mol. The van der Waals surface area contributed by atoms with Crippen LogP contribution in [0.15, 0.2) is 40.9 Å². The van der Waals surface area contributed by atoms with Crippen LogP contribution < -0.4 is 5.32 Å². The Hall–Kier alpha value is -2.96. The summed E-state index contributed by atoms with van der Waals surface area (Å²) in [6.45, 7) is 5.98. The molecule has 2 heterocycles. The number of hydrogen-bond donors (Lipinski definition) is 1. The van der Waals surface area contributed by atoms with Crippen LogP contribution in [0.25, 0.3) is 11.6 Å². The first kappa shape index (κ1) is 15.0. The van der Waals surface area contributed by atoms with Crippen molar-refractivity contribution in [2.75, 3.05) is 5.32 Å². The van der Waals surface area contributed by atoms with Crippen molar-refractivity contribution in [2.24, 2.45) is 0 Å². The number of nitrogens with one attached hydrogen (secondary N) is 1. The molecule has 0 fully saturated rings. The van der Waals surface area contributed by atoms with Gasteiger partial charge in [-0.25, -0.2) is 0 Å². The van der Waals surface area contributed by atoms with Gasteiger partial charge in [-0.15, -0.1) is 5.10 Å².